The molecule has 2 aromatic heterocycles. The van der Waals surface area contributed by atoms with Crippen molar-refractivity contribution in [2.45, 2.75) is 19.8 Å². The number of nitro groups is 1. The quantitative estimate of drug-likeness (QED) is 0.619. The van der Waals surface area contributed by atoms with Crippen molar-refractivity contribution in [1.82, 2.24) is 9.38 Å². The van der Waals surface area contributed by atoms with Crippen LogP contribution in [0.4, 0.5) is 11.5 Å². The molecule has 6 nitrogen and oxygen atoms in total. The molecule has 6 heteroatoms. The van der Waals surface area contributed by atoms with Crippen molar-refractivity contribution < 1.29 is 4.92 Å². The second kappa shape index (κ2) is 3.48. The van der Waals surface area contributed by atoms with Crippen molar-refractivity contribution in [3.63, 3.8) is 0 Å². The number of nitrogens with two attached hydrogens (primary N) is 1. The molecule has 2 aromatic rings. The third-order valence-electron chi connectivity index (χ3n) is 2.39. The second-order valence-electron chi connectivity index (χ2n) is 3.89. The van der Waals surface area contributed by atoms with Crippen LogP contribution in [0.15, 0.2) is 18.3 Å². The van der Waals surface area contributed by atoms with Gasteiger partial charge in [0.2, 0.25) is 5.82 Å². The first kappa shape index (κ1) is 10.4. The standard InChI is InChI=1S/C10H12N4O2/c1-6(2)9-12-10(14(15)16)8-7(11)4-3-5-13(8)9/h3-6H,11H2,1-2H3. The Kier molecular flexibility index (Phi) is 2.26. The first-order valence-electron chi connectivity index (χ1n) is 4.93. The van der Waals surface area contributed by atoms with Gasteiger partial charge in [-0.25, -0.2) is 0 Å². The van der Waals surface area contributed by atoms with E-state index in [1.54, 1.807) is 22.7 Å². The van der Waals surface area contributed by atoms with Gasteiger partial charge < -0.3 is 15.8 Å². The molecule has 0 spiro atoms. The maximum absolute atomic E-state index is 10.9. The van der Waals surface area contributed by atoms with Crippen molar-refractivity contribution in [3.05, 3.63) is 34.3 Å². The first-order chi connectivity index (χ1) is 7.52. The van der Waals surface area contributed by atoms with Crippen LogP contribution >= 0.6 is 0 Å². The Morgan fingerprint density at radius 2 is 2.25 bits per heavy atom. The van der Waals surface area contributed by atoms with E-state index in [2.05, 4.69) is 4.98 Å². The van der Waals surface area contributed by atoms with Gasteiger partial charge in [0, 0.05) is 12.1 Å². The van der Waals surface area contributed by atoms with Crippen LogP contribution in [-0.4, -0.2) is 14.3 Å². The van der Waals surface area contributed by atoms with Crippen molar-refractivity contribution in [2.75, 3.05) is 5.73 Å². The minimum absolute atomic E-state index is 0.1000. The van der Waals surface area contributed by atoms with Crippen LogP contribution < -0.4 is 5.73 Å². The average Bonchev–Trinajstić information content (AvgIpc) is 2.58. The van der Waals surface area contributed by atoms with E-state index in [1.165, 1.54) is 0 Å². The smallest absolute Gasteiger partial charge is 0.391 e. The molecule has 0 radical (unpaired) electrons. The Hall–Kier alpha value is -2.11. The summed E-state index contributed by atoms with van der Waals surface area (Å²) in [5.74, 6) is 0.568. The highest BCUT2D eigenvalue weighted by Crippen LogP contribution is 2.28. The zero-order valence-electron chi connectivity index (χ0n) is 9.04. The lowest BCUT2D eigenvalue weighted by Gasteiger charge is -2.00. The van der Waals surface area contributed by atoms with Gasteiger partial charge in [-0.1, -0.05) is 13.8 Å². The van der Waals surface area contributed by atoms with E-state index in [1.807, 2.05) is 13.8 Å². The summed E-state index contributed by atoms with van der Waals surface area (Å²) in [7, 11) is 0. The summed E-state index contributed by atoms with van der Waals surface area (Å²) in [5.41, 5.74) is 6.48. The molecule has 2 heterocycles. The van der Waals surface area contributed by atoms with Crippen LogP contribution in [0.1, 0.15) is 25.6 Å². The number of imidazole rings is 1. The Balaban J connectivity index is 2.87. The summed E-state index contributed by atoms with van der Waals surface area (Å²) < 4.78 is 1.68. The number of aromatic nitrogens is 2. The number of nitrogen functional groups attached to an aromatic ring is 1. The van der Waals surface area contributed by atoms with E-state index in [0.717, 1.165) is 0 Å². The molecule has 0 aliphatic carbocycles. The molecule has 0 fully saturated rings. The zero-order chi connectivity index (χ0) is 11.9. The van der Waals surface area contributed by atoms with Gasteiger partial charge in [-0.3, -0.25) is 4.40 Å². The molecule has 16 heavy (non-hydrogen) atoms. The molecular formula is C10H12N4O2. The maximum Gasteiger partial charge on any atom is 0.391 e. The molecule has 2 N–H and O–H groups in total. The van der Waals surface area contributed by atoms with Gasteiger partial charge in [-0.2, -0.15) is 0 Å². The highest BCUT2D eigenvalue weighted by atomic mass is 16.6. The minimum Gasteiger partial charge on any atom is -0.397 e. The molecule has 0 amide bonds. The minimum atomic E-state index is -0.502. The Morgan fingerprint density at radius 3 is 2.81 bits per heavy atom. The Morgan fingerprint density at radius 1 is 1.56 bits per heavy atom. The monoisotopic (exact) mass is 220 g/mol. The van der Waals surface area contributed by atoms with E-state index >= 15 is 0 Å². The SMILES string of the molecule is CC(C)c1nc([N+](=O)[O-])c2c(N)cccn12. The molecule has 2 rings (SSSR count). The molecular weight excluding hydrogens is 208 g/mol. The Labute approximate surface area is 91.9 Å². The van der Waals surface area contributed by atoms with Gasteiger partial charge >= 0.3 is 5.82 Å². The summed E-state index contributed by atoms with van der Waals surface area (Å²) in [6.07, 6.45) is 1.74. The van der Waals surface area contributed by atoms with Gasteiger partial charge in [-0.15, -0.1) is 0 Å². The van der Waals surface area contributed by atoms with Gasteiger partial charge in [0.25, 0.3) is 0 Å². The number of nitrogens with zero attached hydrogens (tertiary/aromatic N) is 3. The van der Waals surface area contributed by atoms with Gasteiger partial charge in [0.15, 0.2) is 5.52 Å². The van der Waals surface area contributed by atoms with Crippen LogP contribution in [0.3, 0.4) is 0 Å². The van der Waals surface area contributed by atoms with Crippen molar-refractivity contribution in [2.24, 2.45) is 0 Å². The molecule has 0 aliphatic heterocycles. The molecule has 0 aromatic carbocycles. The van der Waals surface area contributed by atoms with E-state index in [4.69, 9.17) is 5.73 Å². The third-order valence-corrected chi connectivity index (χ3v) is 2.39. The average molecular weight is 220 g/mol. The van der Waals surface area contributed by atoms with Crippen LogP contribution in [0.5, 0.6) is 0 Å². The molecule has 0 atom stereocenters. The lowest BCUT2D eigenvalue weighted by atomic mass is 10.2. The fourth-order valence-electron chi connectivity index (χ4n) is 1.70. The van der Waals surface area contributed by atoms with Crippen LogP contribution in [-0.2, 0) is 0 Å². The van der Waals surface area contributed by atoms with E-state index in [9.17, 15) is 10.1 Å². The largest absolute Gasteiger partial charge is 0.397 e. The maximum atomic E-state index is 10.9. The summed E-state index contributed by atoms with van der Waals surface area (Å²) in [6.45, 7) is 3.86. The van der Waals surface area contributed by atoms with Gasteiger partial charge in [0.05, 0.1) is 5.69 Å². The predicted molar refractivity (Wildman–Crippen MR) is 60.3 cm³/mol. The van der Waals surface area contributed by atoms with Crippen LogP contribution in [0.25, 0.3) is 5.52 Å². The number of anilines is 1. The second-order valence-corrected chi connectivity index (χ2v) is 3.89. The Bertz CT molecular complexity index is 559. The highest BCUT2D eigenvalue weighted by molar-refractivity contribution is 5.78. The molecule has 0 saturated heterocycles. The lowest BCUT2D eigenvalue weighted by Crippen LogP contribution is -1.97. The molecule has 0 bridgehead atoms. The molecule has 0 saturated carbocycles. The number of hydrogen-bond acceptors (Lipinski definition) is 4. The lowest BCUT2D eigenvalue weighted by molar-refractivity contribution is -0.387. The molecule has 84 valence electrons. The summed E-state index contributed by atoms with van der Waals surface area (Å²) >= 11 is 0. The number of hydrogen-bond donors (Lipinski definition) is 1. The zero-order valence-corrected chi connectivity index (χ0v) is 9.04. The van der Waals surface area contributed by atoms with Crippen LogP contribution in [0.2, 0.25) is 0 Å². The fraction of sp³-hybridized carbons (Fsp3) is 0.300. The van der Waals surface area contributed by atoms with Crippen molar-refractivity contribution in [3.8, 4) is 0 Å². The summed E-state index contributed by atoms with van der Waals surface area (Å²) in [6, 6.07) is 3.38. The van der Waals surface area contributed by atoms with Crippen molar-refractivity contribution >= 4 is 17.0 Å². The normalized spacial score (nSPS) is 11.2. The van der Waals surface area contributed by atoms with Gasteiger partial charge in [0.1, 0.15) is 0 Å². The van der Waals surface area contributed by atoms with E-state index in [0.29, 0.717) is 17.0 Å². The van der Waals surface area contributed by atoms with E-state index in [-0.39, 0.29) is 11.7 Å². The predicted octanol–water partition coefficient (Wildman–Crippen LogP) is 1.95. The number of pyridine rings is 1. The number of rotatable bonds is 2. The fourth-order valence-corrected chi connectivity index (χ4v) is 1.70. The van der Waals surface area contributed by atoms with E-state index < -0.39 is 4.92 Å². The molecule has 0 unspecified atom stereocenters. The topological polar surface area (TPSA) is 86.5 Å². The summed E-state index contributed by atoms with van der Waals surface area (Å²) in [4.78, 5) is 14.4. The first-order valence-corrected chi connectivity index (χ1v) is 4.93. The van der Waals surface area contributed by atoms with Crippen LogP contribution in [0, 0.1) is 10.1 Å². The summed E-state index contributed by atoms with van der Waals surface area (Å²) in [5, 5.41) is 10.9. The third kappa shape index (κ3) is 1.39. The van der Waals surface area contributed by atoms with Crippen molar-refractivity contribution in [1.29, 1.82) is 0 Å². The molecule has 0 aliphatic rings. The highest BCUT2D eigenvalue weighted by Gasteiger charge is 2.25. The van der Waals surface area contributed by atoms with Gasteiger partial charge in [-0.05, 0) is 22.0 Å². The number of fused-ring (bicyclic) bond motifs is 1.